The van der Waals surface area contributed by atoms with Crippen molar-refractivity contribution in [2.24, 2.45) is 0 Å². The Balaban J connectivity index is 1.67. The molecule has 9 heteroatoms. The summed E-state index contributed by atoms with van der Waals surface area (Å²) in [6.07, 6.45) is 1.57. The monoisotopic (exact) mass is 421 g/mol. The molecule has 1 saturated heterocycles. The van der Waals surface area contributed by atoms with Gasteiger partial charge in [-0.1, -0.05) is 18.2 Å². The summed E-state index contributed by atoms with van der Waals surface area (Å²) in [5, 5.41) is 3.35. The standard InChI is InChI=1S/C22H19N3O6/c1-12-16(15-6-4-5-7-18(15)25(12)13(2)26)10-17-20(27)24(22(29)23-17)11-14-8-9-19(31-14)21(28)30-3/h4-10H,11H2,1-3H3,(H,23,29)/b17-10-. The molecule has 1 aliphatic rings. The molecule has 0 atom stereocenters. The van der Waals surface area contributed by atoms with E-state index in [1.807, 2.05) is 24.3 Å². The number of urea groups is 1. The number of benzene rings is 1. The number of aromatic nitrogens is 1. The number of esters is 1. The number of rotatable bonds is 4. The molecule has 0 saturated carbocycles. The summed E-state index contributed by atoms with van der Waals surface area (Å²) < 4.78 is 11.5. The highest BCUT2D eigenvalue weighted by Crippen LogP contribution is 2.29. The first-order valence-electron chi connectivity index (χ1n) is 9.44. The molecule has 4 rings (SSSR count). The maximum Gasteiger partial charge on any atom is 0.373 e. The molecule has 0 unspecified atom stereocenters. The molecular weight excluding hydrogens is 402 g/mol. The van der Waals surface area contributed by atoms with Crippen molar-refractivity contribution in [3.05, 3.63) is 64.9 Å². The lowest BCUT2D eigenvalue weighted by Gasteiger charge is -2.09. The number of hydrogen-bond acceptors (Lipinski definition) is 6. The summed E-state index contributed by atoms with van der Waals surface area (Å²) in [4.78, 5) is 49.9. The zero-order valence-corrected chi connectivity index (χ0v) is 17.1. The molecule has 31 heavy (non-hydrogen) atoms. The molecule has 0 spiro atoms. The van der Waals surface area contributed by atoms with Gasteiger partial charge in [-0.15, -0.1) is 0 Å². The Bertz CT molecular complexity index is 1280. The van der Waals surface area contributed by atoms with Gasteiger partial charge >= 0.3 is 12.0 Å². The molecule has 1 aromatic carbocycles. The largest absolute Gasteiger partial charge is 0.463 e. The molecule has 3 amide bonds. The minimum absolute atomic E-state index is 0.0204. The lowest BCUT2D eigenvalue weighted by Crippen LogP contribution is -2.30. The van der Waals surface area contributed by atoms with Gasteiger partial charge in [0.25, 0.3) is 5.91 Å². The fourth-order valence-electron chi connectivity index (χ4n) is 3.67. The predicted molar refractivity (Wildman–Crippen MR) is 110 cm³/mol. The van der Waals surface area contributed by atoms with Crippen LogP contribution in [0.15, 0.2) is 46.5 Å². The molecule has 158 valence electrons. The van der Waals surface area contributed by atoms with E-state index in [1.54, 1.807) is 17.6 Å². The third kappa shape index (κ3) is 3.39. The first-order chi connectivity index (χ1) is 14.8. The summed E-state index contributed by atoms with van der Waals surface area (Å²) in [7, 11) is 1.23. The smallest absolute Gasteiger partial charge is 0.373 e. The number of ether oxygens (including phenoxy) is 1. The maximum atomic E-state index is 12.9. The van der Waals surface area contributed by atoms with Crippen molar-refractivity contribution in [1.29, 1.82) is 0 Å². The molecule has 1 fully saturated rings. The highest BCUT2D eigenvalue weighted by molar-refractivity contribution is 6.15. The van der Waals surface area contributed by atoms with Crippen molar-refractivity contribution < 1.29 is 28.3 Å². The number of carbonyl (C=O) groups is 4. The Morgan fingerprint density at radius 2 is 1.90 bits per heavy atom. The molecule has 1 aliphatic heterocycles. The quantitative estimate of drug-likeness (QED) is 0.394. The summed E-state index contributed by atoms with van der Waals surface area (Å²) in [5.74, 6) is -1.11. The van der Waals surface area contributed by atoms with Crippen LogP contribution in [-0.2, 0) is 16.1 Å². The number of furan rings is 1. The predicted octanol–water partition coefficient (Wildman–Crippen LogP) is 3.08. The third-order valence-corrected chi connectivity index (χ3v) is 5.09. The van der Waals surface area contributed by atoms with Crippen molar-refractivity contribution in [3.63, 3.8) is 0 Å². The molecule has 0 aliphatic carbocycles. The van der Waals surface area contributed by atoms with Gasteiger partial charge in [-0.25, -0.2) is 9.59 Å². The molecule has 1 N–H and O–H groups in total. The van der Waals surface area contributed by atoms with Gasteiger partial charge in [0, 0.05) is 23.6 Å². The van der Waals surface area contributed by atoms with Crippen LogP contribution in [0, 0.1) is 6.92 Å². The highest BCUT2D eigenvalue weighted by Gasteiger charge is 2.35. The maximum absolute atomic E-state index is 12.9. The van der Waals surface area contributed by atoms with Crippen LogP contribution in [0.2, 0.25) is 0 Å². The van der Waals surface area contributed by atoms with Crippen LogP contribution in [0.25, 0.3) is 17.0 Å². The molecular formula is C22H19N3O6. The van der Waals surface area contributed by atoms with E-state index in [4.69, 9.17) is 4.42 Å². The van der Waals surface area contributed by atoms with Gasteiger partial charge in [-0.2, -0.15) is 0 Å². The lowest BCUT2D eigenvalue weighted by molar-refractivity contribution is -0.123. The van der Waals surface area contributed by atoms with Gasteiger partial charge in [0.2, 0.25) is 11.7 Å². The lowest BCUT2D eigenvalue weighted by atomic mass is 10.1. The van der Waals surface area contributed by atoms with Crippen molar-refractivity contribution in [2.75, 3.05) is 7.11 Å². The topological polar surface area (TPSA) is 111 Å². The fourth-order valence-corrected chi connectivity index (χ4v) is 3.67. The van der Waals surface area contributed by atoms with Crippen LogP contribution in [0.5, 0.6) is 0 Å². The van der Waals surface area contributed by atoms with E-state index >= 15 is 0 Å². The third-order valence-electron chi connectivity index (χ3n) is 5.09. The molecule has 2 aromatic heterocycles. The van der Waals surface area contributed by atoms with Crippen molar-refractivity contribution in [1.82, 2.24) is 14.8 Å². The number of hydrogen-bond donors (Lipinski definition) is 1. The van der Waals surface area contributed by atoms with Crippen LogP contribution in [-0.4, -0.2) is 40.4 Å². The minimum atomic E-state index is -0.652. The van der Waals surface area contributed by atoms with Gasteiger partial charge in [0.05, 0.1) is 19.2 Å². The average Bonchev–Trinajstić information content (AvgIpc) is 3.40. The number of imide groups is 1. The summed E-state index contributed by atoms with van der Waals surface area (Å²) in [6, 6.07) is 9.64. The first kappa shape index (κ1) is 20.1. The van der Waals surface area contributed by atoms with Crippen LogP contribution in [0.3, 0.4) is 0 Å². The number of para-hydroxylation sites is 1. The Hall–Kier alpha value is -4.14. The van der Waals surface area contributed by atoms with Crippen LogP contribution in [0.1, 0.15) is 39.3 Å². The SMILES string of the molecule is COC(=O)c1ccc(CN2C(=O)N/C(=C\c3c(C)n(C(C)=O)c4ccccc34)C2=O)o1. The zero-order valence-electron chi connectivity index (χ0n) is 17.1. The first-order valence-corrected chi connectivity index (χ1v) is 9.44. The number of amides is 3. The number of methoxy groups -OCH3 is 1. The molecule has 0 bridgehead atoms. The molecule has 0 radical (unpaired) electrons. The Morgan fingerprint density at radius 1 is 1.16 bits per heavy atom. The van der Waals surface area contributed by atoms with Gasteiger partial charge < -0.3 is 14.5 Å². The van der Waals surface area contributed by atoms with Gasteiger partial charge in [0.15, 0.2) is 0 Å². The normalized spacial score (nSPS) is 15.1. The average molecular weight is 421 g/mol. The van der Waals surface area contributed by atoms with E-state index < -0.39 is 17.9 Å². The zero-order chi connectivity index (χ0) is 22.3. The molecule has 3 aromatic rings. The second kappa shape index (κ2) is 7.60. The number of carbonyl (C=O) groups excluding carboxylic acids is 4. The van der Waals surface area contributed by atoms with Crippen LogP contribution < -0.4 is 5.32 Å². The minimum Gasteiger partial charge on any atom is -0.463 e. The van der Waals surface area contributed by atoms with Crippen molar-refractivity contribution in [2.45, 2.75) is 20.4 Å². The van der Waals surface area contributed by atoms with Crippen molar-refractivity contribution in [3.8, 4) is 0 Å². The number of fused-ring (bicyclic) bond motifs is 1. The van der Waals surface area contributed by atoms with E-state index in [0.29, 0.717) is 11.3 Å². The van der Waals surface area contributed by atoms with Crippen LogP contribution >= 0.6 is 0 Å². The second-order valence-electron chi connectivity index (χ2n) is 7.01. The second-order valence-corrected chi connectivity index (χ2v) is 7.01. The number of nitrogens with zero attached hydrogens (tertiary/aromatic N) is 2. The van der Waals surface area contributed by atoms with Gasteiger partial charge in [-0.3, -0.25) is 19.1 Å². The van der Waals surface area contributed by atoms with E-state index in [1.165, 1.54) is 26.2 Å². The van der Waals surface area contributed by atoms with Crippen LogP contribution in [0.4, 0.5) is 4.79 Å². The highest BCUT2D eigenvalue weighted by atomic mass is 16.5. The van der Waals surface area contributed by atoms with E-state index in [-0.39, 0.29) is 29.7 Å². The Morgan fingerprint density at radius 3 is 2.61 bits per heavy atom. The molecule has 3 heterocycles. The van der Waals surface area contributed by atoms with Gasteiger partial charge in [-0.05, 0) is 31.2 Å². The molecule has 9 nitrogen and oxygen atoms in total. The van der Waals surface area contributed by atoms with Gasteiger partial charge in [0.1, 0.15) is 11.5 Å². The summed E-state index contributed by atoms with van der Waals surface area (Å²) >= 11 is 0. The Labute approximate surface area is 176 Å². The van der Waals surface area contributed by atoms with E-state index in [0.717, 1.165) is 15.8 Å². The summed E-state index contributed by atoms with van der Waals surface area (Å²) in [6.45, 7) is 3.10. The van der Waals surface area contributed by atoms with E-state index in [2.05, 4.69) is 10.1 Å². The van der Waals surface area contributed by atoms with Crippen molar-refractivity contribution >= 4 is 40.8 Å². The van der Waals surface area contributed by atoms with E-state index in [9.17, 15) is 19.2 Å². The summed E-state index contributed by atoms with van der Waals surface area (Å²) in [5.41, 5.74) is 2.14. The number of nitrogens with one attached hydrogen (secondary N) is 1. The fraction of sp³-hybridized carbons (Fsp3) is 0.182. The Kier molecular flexibility index (Phi) is 4.94.